The van der Waals surface area contributed by atoms with Crippen LogP contribution < -0.4 is 4.90 Å². The zero-order valence-corrected chi connectivity index (χ0v) is 28.3. The Hall–Kier alpha value is -5.70. The number of hydrogen-bond acceptors (Lipinski definition) is 2. The van der Waals surface area contributed by atoms with E-state index in [4.69, 9.17) is 0 Å². The molecule has 0 spiro atoms. The highest BCUT2D eigenvalue weighted by atomic mass is 32.1. The van der Waals surface area contributed by atoms with E-state index in [9.17, 15) is 0 Å². The van der Waals surface area contributed by atoms with Crippen LogP contribution in [0.2, 0.25) is 0 Å². The van der Waals surface area contributed by atoms with Crippen LogP contribution >= 0.6 is 11.3 Å². The maximum absolute atomic E-state index is 2.45. The van der Waals surface area contributed by atoms with E-state index in [-0.39, 0.29) is 5.41 Å². The number of anilines is 3. The Bertz CT molecular complexity index is 2760. The van der Waals surface area contributed by atoms with Crippen molar-refractivity contribution in [1.82, 2.24) is 0 Å². The highest BCUT2D eigenvalue weighted by Gasteiger charge is 2.35. The Labute approximate surface area is 290 Å². The molecule has 1 aliphatic rings. The summed E-state index contributed by atoms with van der Waals surface area (Å²) in [5.74, 6) is 0. The molecular formula is C47H33NS. The van der Waals surface area contributed by atoms with Crippen molar-refractivity contribution in [2.24, 2.45) is 0 Å². The summed E-state index contributed by atoms with van der Waals surface area (Å²) in [7, 11) is 0. The fourth-order valence-corrected chi connectivity index (χ4v) is 9.38. The molecule has 2 heteroatoms. The van der Waals surface area contributed by atoms with Gasteiger partial charge < -0.3 is 4.90 Å². The van der Waals surface area contributed by atoms with E-state index >= 15 is 0 Å². The van der Waals surface area contributed by atoms with Gasteiger partial charge in [0.05, 0.1) is 0 Å². The third-order valence-corrected chi connectivity index (χ3v) is 11.8. The molecule has 10 rings (SSSR count). The summed E-state index contributed by atoms with van der Waals surface area (Å²) in [5.41, 5.74) is 11.3. The molecule has 0 radical (unpaired) electrons. The summed E-state index contributed by atoms with van der Waals surface area (Å²) in [4.78, 5) is 2.45. The SMILES string of the molecule is CC1(C)c2ccccc2-c2cc(N(c3cccc(-c4cccc5ccccc45)c3)c3ccc4ccc5sc6ccccc6c5c4c3)ccc21. The lowest BCUT2D eigenvalue weighted by Gasteiger charge is -2.28. The topological polar surface area (TPSA) is 3.24 Å². The van der Waals surface area contributed by atoms with Gasteiger partial charge in [0.25, 0.3) is 0 Å². The summed E-state index contributed by atoms with van der Waals surface area (Å²) >= 11 is 1.88. The van der Waals surface area contributed by atoms with Gasteiger partial charge in [-0.15, -0.1) is 11.3 Å². The Morgan fingerprint density at radius 2 is 1.08 bits per heavy atom. The first-order valence-electron chi connectivity index (χ1n) is 17.0. The number of hydrogen-bond donors (Lipinski definition) is 0. The van der Waals surface area contributed by atoms with Crippen LogP contribution in [0.3, 0.4) is 0 Å². The highest BCUT2D eigenvalue weighted by molar-refractivity contribution is 7.26. The maximum atomic E-state index is 2.45. The monoisotopic (exact) mass is 643 g/mol. The van der Waals surface area contributed by atoms with E-state index in [0.29, 0.717) is 0 Å². The Kier molecular flexibility index (Phi) is 6.16. The summed E-state index contributed by atoms with van der Waals surface area (Å²) in [5, 5.41) is 7.73. The van der Waals surface area contributed by atoms with Crippen molar-refractivity contribution in [3.63, 3.8) is 0 Å². The predicted molar refractivity (Wildman–Crippen MR) is 212 cm³/mol. The quantitative estimate of drug-likeness (QED) is 0.184. The Balaban J connectivity index is 1.22. The lowest BCUT2D eigenvalue weighted by Crippen LogP contribution is -2.15. The Morgan fingerprint density at radius 1 is 0.429 bits per heavy atom. The van der Waals surface area contributed by atoms with Gasteiger partial charge in [-0.05, 0) is 103 Å². The average molecular weight is 644 g/mol. The van der Waals surface area contributed by atoms with Gasteiger partial charge in [0.2, 0.25) is 0 Å². The minimum Gasteiger partial charge on any atom is -0.310 e. The van der Waals surface area contributed by atoms with Gasteiger partial charge in [-0.3, -0.25) is 0 Å². The second-order valence-corrected chi connectivity index (χ2v) is 14.8. The number of fused-ring (bicyclic) bond motifs is 9. The first-order valence-corrected chi connectivity index (χ1v) is 17.8. The van der Waals surface area contributed by atoms with Crippen molar-refractivity contribution in [2.45, 2.75) is 19.3 Å². The van der Waals surface area contributed by atoms with Crippen LogP contribution in [0.1, 0.15) is 25.0 Å². The van der Waals surface area contributed by atoms with E-state index in [1.807, 2.05) is 11.3 Å². The molecule has 0 unspecified atom stereocenters. The molecule has 0 saturated carbocycles. The van der Waals surface area contributed by atoms with Gasteiger partial charge in [0.1, 0.15) is 0 Å². The second kappa shape index (κ2) is 10.7. The molecule has 0 N–H and O–H groups in total. The Morgan fingerprint density at radius 3 is 2.02 bits per heavy atom. The zero-order chi connectivity index (χ0) is 32.7. The van der Waals surface area contributed by atoms with Crippen LogP contribution in [-0.2, 0) is 5.41 Å². The molecule has 0 aliphatic heterocycles. The fourth-order valence-electron chi connectivity index (χ4n) is 8.25. The molecule has 0 fully saturated rings. The average Bonchev–Trinajstić information content (AvgIpc) is 3.64. The van der Waals surface area contributed by atoms with Gasteiger partial charge in [-0.1, -0.05) is 129 Å². The van der Waals surface area contributed by atoms with E-state index < -0.39 is 0 Å². The van der Waals surface area contributed by atoms with Crippen LogP contribution in [0.5, 0.6) is 0 Å². The number of rotatable bonds is 4. The van der Waals surface area contributed by atoms with Crippen molar-refractivity contribution < 1.29 is 0 Å². The third-order valence-electron chi connectivity index (χ3n) is 10.6. The smallest absolute Gasteiger partial charge is 0.0468 e. The number of nitrogens with zero attached hydrogens (tertiary/aromatic N) is 1. The van der Waals surface area contributed by atoms with Crippen LogP contribution in [0.4, 0.5) is 17.1 Å². The molecule has 9 aromatic rings. The van der Waals surface area contributed by atoms with Crippen LogP contribution in [-0.4, -0.2) is 0 Å². The largest absolute Gasteiger partial charge is 0.310 e. The zero-order valence-electron chi connectivity index (χ0n) is 27.4. The molecule has 0 atom stereocenters. The van der Waals surface area contributed by atoms with E-state index in [2.05, 4.69) is 183 Å². The number of benzene rings is 8. The summed E-state index contributed by atoms with van der Waals surface area (Å²) in [6.45, 7) is 4.70. The van der Waals surface area contributed by atoms with Crippen molar-refractivity contribution in [2.75, 3.05) is 4.90 Å². The first kappa shape index (κ1) is 28.3. The molecule has 0 bridgehead atoms. The lowest BCUT2D eigenvalue weighted by molar-refractivity contribution is 0.660. The van der Waals surface area contributed by atoms with E-state index in [1.165, 1.54) is 75.1 Å². The van der Waals surface area contributed by atoms with Gasteiger partial charge in [-0.2, -0.15) is 0 Å². The summed E-state index contributed by atoms with van der Waals surface area (Å²) < 4.78 is 2.65. The molecule has 1 nitrogen and oxygen atoms in total. The third kappa shape index (κ3) is 4.31. The molecule has 1 heterocycles. The molecule has 232 valence electrons. The maximum Gasteiger partial charge on any atom is 0.0468 e. The van der Waals surface area contributed by atoms with Crippen LogP contribution in [0.25, 0.3) is 64.0 Å². The molecule has 8 aromatic carbocycles. The van der Waals surface area contributed by atoms with Gasteiger partial charge >= 0.3 is 0 Å². The van der Waals surface area contributed by atoms with Crippen molar-refractivity contribution >= 4 is 70.1 Å². The minimum absolute atomic E-state index is 0.0435. The molecule has 0 saturated heterocycles. The molecular weight excluding hydrogens is 611 g/mol. The van der Waals surface area contributed by atoms with Gasteiger partial charge in [-0.25, -0.2) is 0 Å². The van der Waals surface area contributed by atoms with Crippen LogP contribution in [0, 0.1) is 0 Å². The predicted octanol–water partition coefficient (Wildman–Crippen LogP) is 13.8. The lowest BCUT2D eigenvalue weighted by atomic mass is 9.82. The van der Waals surface area contributed by atoms with E-state index in [0.717, 1.165) is 17.1 Å². The van der Waals surface area contributed by atoms with Crippen molar-refractivity contribution in [1.29, 1.82) is 0 Å². The molecule has 0 amide bonds. The minimum atomic E-state index is -0.0435. The van der Waals surface area contributed by atoms with Crippen LogP contribution in [0.15, 0.2) is 164 Å². The first-order chi connectivity index (χ1) is 24.0. The van der Waals surface area contributed by atoms with E-state index in [1.54, 1.807) is 0 Å². The van der Waals surface area contributed by atoms with Gasteiger partial charge in [0.15, 0.2) is 0 Å². The van der Waals surface area contributed by atoms with Crippen molar-refractivity contribution in [3.05, 3.63) is 175 Å². The highest BCUT2D eigenvalue weighted by Crippen LogP contribution is 2.51. The van der Waals surface area contributed by atoms with Gasteiger partial charge in [0, 0.05) is 42.6 Å². The summed E-state index contributed by atoms with van der Waals surface area (Å²) in [6.07, 6.45) is 0. The standard InChI is InChI=1S/C47H33NS/c1-47(2)42-19-7-5-16-38(42)41-29-35(24-25-43(41)47)48(33-14-9-13-32(27-33)37-18-10-12-30-11-3-4-15-36(30)37)34-23-21-31-22-26-45-46(40(31)28-34)39-17-6-8-20-44(39)49-45/h3-29H,1-2H3. The molecule has 1 aromatic heterocycles. The summed E-state index contributed by atoms with van der Waals surface area (Å²) in [6, 6.07) is 60.7. The number of thiophene rings is 1. The fraction of sp³-hybridized carbons (Fsp3) is 0.0638. The van der Waals surface area contributed by atoms with Crippen molar-refractivity contribution in [3.8, 4) is 22.3 Å². The second-order valence-electron chi connectivity index (χ2n) is 13.8. The molecule has 1 aliphatic carbocycles. The molecule has 49 heavy (non-hydrogen) atoms. The normalized spacial score (nSPS) is 13.3.